The zero-order chi connectivity index (χ0) is 14.9. The highest BCUT2D eigenvalue weighted by Gasteiger charge is 2.37. The van der Waals surface area contributed by atoms with Crippen molar-refractivity contribution in [2.24, 2.45) is 11.8 Å². The van der Waals surface area contributed by atoms with Crippen LogP contribution in [0.5, 0.6) is 0 Å². The molecule has 4 heteroatoms. The molecule has 0 aliphatic heterocycles. The van der Waals surface area contributed by atoms with Crippen LogP contribution in [0.25, 0.3) is 0 Å². The number of aliphatic hydroxyl groups excluding tert-OH is 2. The van der Waals surface area contributed by atoms with Gasteiger partial charge in [-0.1, -0.05) is 13.8 Å². The number of Topliss-reactive ketones (excluding diaryl/α,β-unsaturated/α-hetero) is 2. The van der Waals surface area contributed by atoms with Gasteiger partial charge < -0.3 is 10.2 Å². The van der Waals surface area contributed by atoms with E-state index in [4.69, 9.17) is 0 Å². The van der Waals surface area contributed by atoms with Crippen molar-refractivity contribution in [3.63, 3.8) is 0 Å². The molecular formula is C16H22O4. The molecule has 0 saturated carbocycles. The quantitative estimate of drug-likeness (QED) is 0.829. The maximum absolute atomic E-state index is 12.2. The Balaban J connectivity index is 2.52. The Kier molecular flexibility index (Phi) is 4.31. The molecule has 0 atom stereocenters. The monoisotopic (exact) mass is 278 g/mol. The molecule has 110 valence electrons. The first-order chi connectivity index (χ1) is 9.43. The first-order valence-electron chi connectivity index (χ1n) is 7.34. The van der Waals surface area contributed by atoms with Crippen molar-refractivity contribution in [3.8, 4) is 0 Å². The molecule has 2 aliphatic carbocycles. The number of hydrogen-bond acceptors (Lipinski definition) is 4. The molecule has 0 aromatic rings. The van der Waals surface area contributed by atoms with E-state index >= 15 is 0 Å². The Labute approximate surface area is 119 Å². The van der Waals surface area contributed by atoms with Crippen LogP contribution in [-0.2, 0) is 9.59 Å². The second-order valence-electron chi connectivity index (χ2n) is 6.00. The van der Waals surface area contributed by atoms with Gasteiger partial charge in [-0.05, 0) is 18.8 Å². The number of carbonyl (C=O) groups is 2. The van der Waals surface area contributed by atoms with Crippen LogP contribution in [0.15, 0.2) is 22.7 Å². The van der Waals surface area contributed by atoms with Crippen LogP contribution in [0.3, 0.4) is 0 Å². The second-order valence-corrected chi connectivity index (χ2v) is 6.00. The van der Waals surface area contributed by atoms with Gasteiger partial charge in [0.05, 0.1) is 11.5 Å². The molecule has 0 amide bonds. The number of rotatable bonds is 3. The molecule has 2 rings (SSSR count). The Hall–Kier alpha value is -1.58. The van der Waals surface area contributed by atoms with Gasteiger partial charge >= 0.3 is 0 Å². The lowest BCUT2D eigenvalue weighted by atomic mass is 9.73. The van der Waals surface area contributed by atoms with Crippen molar-refractivity contribution in [2.45, 2.75) is 52.4 Å². The third-order valence-corrected chi connectivity index (χ3v) is 4.15. The molecule has 0 radical (unpaired) electrons. The van der Waals surface area contributed by atoms with E-state index in [0.717, 1.165) is 0 Å². The summed E-state index contributed by atoms with van der Waals surface area (Å²) in [7, 11) is 0. The summed E-state index contributed by atoms with van der Waals surface area (Å²) in [6.07, 6.45) is 3.07. The predicted octanol–water partition coefficient (Wildman–Crippen LogP) is 3.39. The molecule has 4 nitrogen and oxygen atoms in total. The van der Waals surface area contributed by atoms with Crippen LogP contribution in [-0.4, -0.2) is 21.8 Å². The summed E-state index contributed by atoms with van der Waals surface area (Å²) in [6.45, 7) is 3.82. The molecule has 2 N–H and O–H groups in total. The molecule has 0 aromatic carbocycles. The molecule has 0 unspecified atom stereocenters. The number of carbonyl (C=O) groups excluding carboxylic acids is 2. The third-order valence-electron chi connectivity index (χ3n) is 4.15. The van der Waals surface area contributed by atoms with E-state index in [1.807, 2.05) is 13.8 Å². The summed E-state index contributed by atoms with van der Waals surface area (Å²) < 4.78 is 0. The van der Waals surface area contributed by atoms with Crippen LogP contribution in [0.1, 0.15) is 52.4 Å². The van der Waals surface area contributed by atoms with Gasteiger partial charge in [0.15, 0.2) is 11.6 Å². The van der Waals surface area contributed by atoms with Gasteiger partial charge in [0.25, 0.3) is 0 Å². The van der Waals surface area contributed by atoms with Crippen molar-refractivity contribution < 1.29 is 19.8 Å². The Bertz CT molecular complexity index is 455. The van der Waals surface area contributed by atoms with E-state index in [1.165, 1.54) is 0 Å². The molecular weight excluding hydrogens is 256 g/mol. The van der Waals surface area contributed by atoms with Crippen LogP contribution in [0.2, 0.25) is 0 Å². The Morgan fingerprint density at radius 3 is 1.50 bits per heavy atom. The standard InChI is InChI=1S/C16H22O4/c1-9(2)14(15-10(17)5-3-6-11(15)18)16-12(19)7-4-8-13(16)20/h9,14,17,19H,3-8H2,1-2H3. The molecule has 0 fully saturated rings. The fourth-order valence-corrected chi connectivity index (χ4v) is 3.21. The van der Waals surface area contributed by atoms with Gasteiger partial charge in [-0.3, -0.25) is 9.59 Å². The highest BCUT2D eigenvalue weighted by atomic mass is 16.3. The SMILES string of the molecule is CC(C)C(C1=C(O)CCCC1=O)C1=C(O)CCCC1=O. The fraction of sp³-hybridized carbons (Fsp3) is 0.625. The van der Waals surface area contributed by atoms with Crippen molar-refractivity contribution in [3.05, 3.63) is 22.7 Å². The van der Waals surface area contributed by atoms with E-state index in [1.54, 1.807) is 0 Å². The van der Waals surface area contributed by atoms with Crippen molar-refractivity contribution in [2.75, 3.05) is 0 Å². The summed E-state index contributed by atoms with van der Waals surface area (Å²) in [5.41, 5.74) is 0.700. The molecule has 0 saturated heterocycles. The van der Waals surface area contributed by atoms with Gasteiger partial charge in [0, 0.05) is 42.7 Å². The lowest BCUT2D eigenvalue weighted by molar-refractivity contribution is -0.117. The van der Waals surface area contributed by atoms with Crippen molar-refractivity contribution in [1.82, 2.24) is 0 Å². The van der Waals surface area contributed by atoms with Crippen LogP contribution in [0.4, 0.5) is 0 Å². The van der Waals surface area contributed by atoms with Crippen molar-refractivity contribution >= 4 is 11.6 Å². The van der Waals surface area contributed by atoms with Gasteiger partial charge in [0.1, 0.15) is 0 Å². The second kappa shape index (κ2) is 5.81. The minimum Gasteiger partial charge on any atom is -0.512 e. The zero-order valence-electron chi connectivity index (χ0n) is 12.1. The van der Waals surface area contributed by atoms with Gasteiger partial charge in [-0.15, -0.1) is 0 Å². The maximum Gasteiger partial charge on any atom is 0.162 e. The summed E-state index contributed by atoms with van der Waals surface area (Å²) in [5.74, 6) is -0.488. The van der Waals surface area contributed by atoms with Crippen LogP contribution in [0, 0.1) is 11.8 Å². The fourth-order valence-electron chi connectivity index (χ4n) is 3.21. The summed E-state index contributed by atoms with van der Waals surface area (Å²) in [5, 5.41) is 20.2. The lowest BCUT2D eigenvalue weighted by Gasteiger charge is -2.30. The minimum absolute atomic E-state index is 0.0200. The lowest BCUT2D eigenvalue weighted by Crippen LogP contribution is -2.30. The first-order valence-corrected chi connectivity index (χ1v) is 7.34. The van der Waals surface area contributed by atoms with E-state index in [0.29, 0.717) is 49.7 Å². The van der Waals surface area contributed by atoms with E-state index < -0.39 is 5.92 Å². The molecule has 0 bridgehead atoms. The highest BCUT2D eigenvalue weighted by molar-refractivity contribution is 6.03. The van der Waals surface area contributed by atoms with E-state index in [2.05, 4.69) is 0 Å². The summed E-state index contributed by atoms with van der Waals surface area (Å²) >= 11 is 0. The summed E-state index contributed by atoms with van der Waals surface area (Å²) in [4.78, 5) is 24.3. The topological polar surface area (TPSA) is 74.6 Å². The Morgan fingerprint density at radius 2 is 1.20 bits per heavy atom. The largest absolute Gasteiger partial charge is 0.512 e. The first kappa shape index (κ1) is 14.8. The number of allylic oxidation sites excluding steroid dienone is 4. The molecule has 0 heterocycles. The summed E-state index contributed by atoms with van der Waals surface area (Å²) in [6, 6.07) is 0. The normalized spacial score (nSPS) is 21.4. The molecule has 0 aromatic heterocycles. The third kappa shape index (κ3) is 2.65. The van der Waals surface area contributed by atoms with Crippen LogP contribution < -0.4 is 0 Å². The van der Waals surface area contributed by atoms with Gasteiger partial charge in [-0.25, -0.2) is 0 Å². The highest BCUT2D eigenvalue weighted by Crippen LogP contribution is 2.39. The van der Waals surface area contributed by atoms with Crippen LogP contribution >= 0.6 is 0 Å². The number of aliphatic hydroxyl groups is 2. The van der Waals surface area contributed by atoms with Gasteiger partial charge in [0.2, 0.25) is 0 Å². The Morgan fingerprint density at radius 1 is 0.800 bits per heavy atom. The predicted molar refractivity (Wildman–Crippen MR) is 75.4 cm³/mol. The van der Waals surface area contributed by atoms with E-state index in [-0.39, 0.29) is 29.0 Å². The molecule has 20 heavy (non-hydrogen) atoms. The minimum atomic E-state index is -0.476. The zero-order valence-corrected chi connectivity index (χ0v) is 12.1. The average Bonchev–Trinajstić information content (AvgIpc) is 2.35. The van der Waals surface area contributed by atoms with Crippen molar-refractivity contribution in [1.29, 1.82) is 0 Å². The maximum atomic E-state index is 12.2. The number of ketones is 2. The smallest absolute Gasteiger partial charge is 0.162 e. The molecule has 0 spiro atoms. The van der Waals surface area contributed by atoms with E-state index in [9.17, 15) is 19.8 Å². The average molecular weight is 278 g/mol. The molecule has 2 aliphatic rings. The number of hydrogen-bond donors (Lipinski definition) is 2. The van der Waals surface area contributed by atoms with Gasteiger partial charge in [-0.2, -0.15) is 0 Å².